The van der Waals surface area contributed by atoms with Gasteiger partial charge >= 0.3 is 12.0 Å². The molecule has 0 radical (unpaired) electrons. The van der Waals surface area contributed by atoms with Crippen LogP contribution in [-0.2, 0) is 0 Å². The van der Waals surface area contributed by atoms with Gasteiger partial charge in [-0.05, 0) is 24.6 Å². The topological polar surface area (TPSA) is 85.2 Å². The minimum atomic E-state index is -1.16. The quantitative estimate of drug-likeness (QED) is 0.864. The van der Waals surface area contributed by atoms with Crippen molar-refractivity contribution in [2.45, 2.75) is 6.92 Å². The first-order valence-corrected chi connectivity index (χ1v) is 4.81. The average molecular weight is 231 g/mol. The van der Waals surface area contributed by atoms with E-state index in [9.17, 15) is 4.79 Å². The molecule has 0 saturated heterocycles. The Morgan fingerprint density at radius 3 is 2.65 bits per heavy atom. The molecular weight excluding hydrogens is 222 g/mol. The molecule has 17 heavy (non-hydrogen) atoms. The molecule has 0 saturated carbocycles. The molecule has 2 heterocycles. The number of rotatable bonds is 3. The lowest BCUT2D eigenvalue weighted by Gasteiger charge is -2.05. The molecule has 2 aromatic rings. The van der Waals surface area contributed by atoms with E-state index in [0.717, 1.165) is 5.56 Å². The summed E-state index contributed by atoms with van der Waals surface area (Å²) < 4.78 is 5.26. The van der Waals surface area contributed by atoms with E-state index in [1.807, 2.05) is 6.92 Å². The number of hydrogen-bond acceptors (Lipinski definition) is 5. The highest BCUT2D eigenvalue weighted by Gasteiger charge is 2.13. The molecule has 0 spiro atoms. The van der Waals surface area contributed by atoms with E-state index in [2.05, 4.69) is 15.0 Å². The van der Waals surface area contributed by atoms with Crippen LogP contribution >= 0.6 is 0 Å². The maximum absolute atomic E-state index is 10.9. The van der Waals surface area contributed by atoms with E-state index in [-0.39, 0.29) is 17.5 Å². The van der Waals surface area contributed by atoms with Crippen molar-refractivity contribution in [2.75, 3.05) is 0 Å². The second-order valence-corrected chi connectivity index (χ2v) is 3.30. The number of carbonyl (C=O) groups is 1. The minimum absolute atomic E-state index is 0.0890. The summed E-state index contributed by atoms with van der Waals surface area (Å²) >= 11 is 0. The van der Waals surface area contributed by atoms with E-state index in [1.54, 1.807) is 18.5 Å². The van der Waals surface area contributed by atoms with Crippen LogP contribution < -0.4 is 4.74 Å². The van der Waals surface area contributed by atoms with Crippen molar-refractivity contribution >= 4 is 5.97 Å². The van der Waals surface area contributed by atoms with Crippen molar-refractivity contribution in [3.63, 3.8) is 0 Å². The summed E-state index contributed by atoms with van der Waals surface area (Å²) in [5.41, 5.74) is 0.721. The summed E-state index contributed by atoms with van der Waals surface area (Å²) in [5, 5.41) is 8.90. The fraction of sp³-hybridized carbons (Fsp3) is 0.0909. The zero-order chi connectivity index (χ0) is 12.3. The molecule has 6 nitrogen and oxygen atoms in total. The molecule has 1 N–H and O–H groups in total. The van der Waals surface area contributed by atoms with E-state index < -0.39 is 5.97 Å². The number of nitrogens with zero attached hydrogens (tertiary/aromatic N) is 3. The Morgan fingerprint density at radius 2 is 2.00 bits per heavy atom. The number of ether oxygens (including phenoxy) is 1. The van der Waals surface area contributed by atoms with Gasteiger partial charge in [0.2, 0.25) is 0 Å². The molecule has 0 aromatic carbocycles. The van der Waals surface area contributed by atoms with Crippen LogP contribution in [0.15, 0.2) is 30.7 Å². The predicted octanol–water partition coefficient (Wildman–Crippen LogP) is 1.67. The van der Waals surface area contributed by atoms with Crippen LogP contribution in [-0.4, -0.2) is 26.0 Å². The average Bonchev–Trinajstić information content (AvgIpc) is 2.32. The highest BCUT2D eigenvalue weighted by molar-refractivity contribution is 5.88. The smallest absolute Gasteiger partial charge is 0.358 e. The Balaban J connectivity index is 2.30. The Morgan fingerprint density at radius 1 is 1.29 bits per heavy atom. The standard InChI is InChI=1S/C11H9N3O3/c1-7-5-13-11(14-6-7)17-8-3-2-4-12-9(8)10(15)16/h2-6H,1H3,(H,15,16). The molecule has 0 aliphatic carbocycles. The van der Waals surface area contributed by atoms with Crippen molar-refractivity contribution < 1.29 is 14.6 Å². The highest BCUT2D eigenvalue weighted by atomic mass is 16.5. The summed E-state index contributed by atoms with van der Waals surface area (Å²) in [5.74, 6) is -1.04. The van der Waals surface area contributed by atoms with E-state index in [4.69, 9.17) is 9.84 Å². The van der Waals surface area contributed by atoms with Gasteiger partial charge in [-0.3, -0.25) is 0 Å². The number of carboxylic acid groups (broad SMARTS) is 1. The molecule has 0 amide bonds. The second-order valence-electron chi connectivity index (χ2n) is 3.30. The number of aromatic carboxylic acids is 1. The monoisotopic (exact) mass is 231 g/mol. The first-order valence-electron chi connectivity index (χ1n) is 4.81. The van der Waals surface area contributed by atoms with Crippen molar-refractivity contribution in [1.82, 2.24) is 15.0 Å². The normalized spacial score (nSPS) is 9.94. The lowest BCUT2D eigenvalue weighted by atomic mass is 10.3. The third-order valence-electron chi connectivity index (χ3n) is 1.93. The van der Waals surface area contributed by atoms with Crippen molar-refractivity contribution in [3.8, 4) is 11.8 Å². The predicted molar refractivity (Wildman–Crippen MR) is 58.0 cm³/mol. The number of pyridine rings is 1. The fourth-order valence-electron chi connectivity index (χ4n) is 1.17. The molecule has 0 bridgehead atoms. The molecule has 0 unspecified atom stereocenters. The Hall–Kier alpha value is -2.50. The first kappa shape index (κ1) is 11.0. The van der Waals surface area contributed by atoms with E-state index >= 15 is 0 Å². The molecule has 2 aromatic heterocycles. The molecule has 6 heteroatoms. The van der Waals surface area contributed by atoms with E-state index in [1.165, 1.54) is 12.3 Å². The van der Waals surface area contributed by atoms with Crippen LogP contribution in [0.5, 0.6) is 11.8 Å². The number of aromatic nitrogens is 3. The summed E-state index contributed by atoms with van der Waals surface area (Å²) in [7, 11) is 0. The molecule has 0 aliphatic rings. The van der Waals surface area contributed by atoms with Gasteiger partial charge in [0.15, 0.2) is 11.4 Å². The van der Waals surface area contributed by atoms with Crippen molar-refractivity contribution in [2.24, 2.45) is 0 Å². The molecule has 0 atom stereocenters. The van der Waals surface area contributed by atoms with Gasteiger partial charge in [0.1, 0.15) is 0 Å². The molecule has 2 rings (SSSR count). The Labute approximate surface area is 96.9 Å². The summed E-state index contributed by atoms with van der Waals surface area (Å²) in [6, 6.07) is 3.17. The van der Waals surface area contributed by atoms with Gasteiger partial charge in [0.25, 0.3) is 0 Å². The zero-order valence-electron chi connectivity index (χ0n) is 8.99. The number of aryl methyl sites for hydroxylation is 1. The third kappa shape index (κ3) is 2.54. The van der Waals surface area contributed by atoms with Gasteiger partial charge in [-0.2, -0.15) is 0 Å². The molecule has 86 valence electrons. The fourth-order valence-corrected chi connectivity index (χ4v) is 1.17. The van der Waals surface area contributed by atoms with Crippen LogP contribution in [0.4, 0.5) is 0 Å². The van der Waals surface area contributed by atoms with Crippen LogP contribution in [0.1, 0.15) is 16.1 Å². The van der Waals surface area contributed by atoms with Gasteiger partial charge in [-0.1, -0.05) is 0 Å². The number of carboxylic acids is 1. The van der Waals surface area contributed by atoms with Crippen LogP contribution in [0.3, 0.4) is 0 Å². The SMILES string of the molecule is Cc1cnc(Oc2cccnc2C(=O)O)nc1. The summed E-state index contributed by atoms with van der Waals surface area (Å²) in [4.78, 5) is 22.4. The zero-order valence-corrected chi connectivity index (χ0v) is 8.99. The van der Waals surface area contributed by atoms with Crippen LogP contribution in [0, 0.1) is 6.92 Å². The summed E-state index contributed by atoms with van der Waals surface area (Å²) in [6.07, 6.45) is 4.55. The highest BCUT2D eigenvalue weighted by Crippen LogP contribution is 2.20. The summed E-state index contributed by atoms with van der Waals surface area (Å²) in [6.45, 7) is 1.84. The molecular formula is C11H9N3O3. The van der Waals surface area contributed by atoms with Gasteiger partial charge < -0.3 is 9.84 Å². The van der Waals surface area contributed by atoms with Gasteiger partial charge in [0, 0.05) is 18.6 Å². The lowest BCUT2D eigenvalue weighted by Crippen LogP contribution is -2.03. The van der Waals surface area contributed by atoms with Crippen molar-refractivity contribution in [1.29, 1.82) is 0 Å². The molecule has 0 fully saturated rings. The number of hydrogen-bond donors (Lipinski definition) is 1. The maximum atomic E-state index is 10.9. The van der Waals surface area contributed by atoms with Crippen LogP contribution in [0.25, 0.3) is 0 Å². The van der Waals surface area contributed by atoms with Crippen molar-refractivity contribution in [3.05, 3.63) is 42.0 Å². The Kier molecular flexibility index (Phi) is 2.95. The van der Waals surface area contributed by atoms with Gasteiger partial charge in [-0.15, -0.1) is 0 Å². The van der Waals surface area contributed by atoms with E-state index in [0.29, 0.717) is 0 Å². The maximum Gasteiger partial charge on any atom is 0.358 e. The van der Waals surface area contributed by atoms with Crippen LogP contribution in [0.2, 0.25) is 0 Å². The van der Waals surface area contributed by atoms with Gasteiger partial charge in [0.05, 0.1) is 0 Å². The minimum Gasteiger partial charge on any atom is -0.476 e. The second kappa shape index (κ2) is 4.56. The first-order chi connectivity index (χ1) is 8.16. The Bertz CT molecular complexity index is 540. The lowest BCUT2D eigenvalue weighted by molar-refractivity contribution is 0.0687. The van der Waals surface area contributed by atoms with Gasteiger partial charge in [-0.25, -0.2) is 19.7 Å². The molecule has 0 aliphatic heterocycles. The largest absolute Gasteiger partial charge is 0.476 e. The third-order valence-corrected chi connectivity index (χ3v) is 1.93.